The third kappa shape index (κ3) is 5.83. The first-order valence-corrected chi connectivity index (χ1v) is 11.2. The molecule has 34 heavy (non-hydrogen) atoms. The Kier molecular flexibility index (Phi) is 7.60. The van der Waals surface area contributed by atoms with Crippen molar-refractivity contribution in [2.24, 2.45) is 5.10 Å². The maximum absolute atomic E-state index is 9.97. The highest BCUT2D eigenvalue weighted by Crippen LogP contribution is 2.34. The van der Waals surface area contributed by atoms with E-state index < -0.39 is 0 Å². The Labute approximate surface area is 204 Å². The van der Waals surface area contributed by atoms with Crippen LogP contribution in [0.3, 0.4) is 0 Å². The summed E-state index contributed by atoms with van der Waals surface area (Å²) in [4.78, 5) is 15.6. The van der Waals surface area contributed by atoms with Crippen LogP contribution in [0.2, 0.25) is 0 Å². The van der Waals surface area contributed by atoms with Gasteiger partial charge in [0.25, 0.3) is 0 Å². The largest absolute Gasteiger partial charge is 0.503 e. The predicted molar refractivity (Wildman–Crippen MR) is 133 cm³/mol. The summed E-state index contributed by atoms with van der Waals surface area (Å²) in [5.41, 5.74) is 4.36. The van der Waals surface area contributed by atoms with Crippen LogP contribution >= 0.6 is 15.9 Å². The van der Waals surface area contributed by atoms with E-state index in [1.807, 2.05) is 29.2 Å². The van der Waals surface area contributed by atoms with Crippen molar-refractivity contribution < 1.29 is 19.3 Å². The number of morpholine rings is 1. The third-order valence-electron chi connectivity index (χ3n) is 4.91. The lowest BCUT2D eigenvalue weighted by molar-refractivity contribution is 0.122. The molecule has 0 aliphatic carbocycles. The van der Waals surface area contributed by atoms with Crippen LogP contribution in [0.4, 0.5) is 23.5 Å². The van der Waals surface area contributed by atoms with E-state index >= 15 is 0 Å². The van der Waals surface area contributed by atoms with Gasteiger partial charge in [0, 0.05) is 18.8 Å². The Morgan fingerprint density at radius 1 is 1.06 bits per heavy atom. The smallest absolute Gasteiger partial charge is 0.250 e. The molecule has 11 nitrogen and oxygen atoms in total. The van der Waals surface area contributed by atoms with E-state index in [4.69, 9.17) is 14.2 Å². The molecule has 178 valence electrons. The van der Waals surface area contributed by atoms with E-state index in [0.29, 0.717) is 54.0 Å². The van der Waals surface area contributed by atoms with Crippen molar-refractivity contribution in [3.63, 3.8) is 0 Å². The number of hydrogen-bond donors (Lipinski definition) is 3. The lowest BCUT2D eigenvalue weighted by Gasteiger charge is -2.27. The van der Waals surface area contributed by atoms with Crippen LogP contribution in [-0.2, 0) is 4.74 Å². The highest BCUT2D eigenvalue weighted by atomic mass is 79.9. The summed E-state index contributed by atoms with van der Waals surface area (Å²) in [6.45, 7) is 2.56. The molecule has 0 bridgehead atoms. The summed E-state index contributed by atoms with van der Waals surface area (Å²) in [6, 6.07) is 10.8. The van der Waals surface area contributed by atoms with Crippen molar-refractivity contribution in [1.82, 2.24) is 15.0 Å². The molecule has 0 unspecified atom stereocenters. The van der Waals surface area contributed by atoms with Gasteiger partial charge in [0.15, 0.2) is 11.5 Å². The Bertz CT molecular complexity index is 1150. The topological polar surface area (TPSA) is 126 Å². The van der Waals surface area contributed by atoms with Gasteiger partial charge in [-0.15, -0.1) is 0 Å². The number of hydrazone groups is 1. The molecule has 1 aliphatic rings. The van der Waals surface area contributed by atoms with Gasteiger partial charge in [0.2, 0.25) is 17.8 Å². The van der Waals surface area contributed by atoms with E-state index in [1.54, 1.807) is 25.5 Å². The molecule has 0 saturated carbocycles. The first-order chi connectivity index (χ1) is 16.6. The second-order valence-electron chi connectivity index (χ2n) is 7.16. The average Bonchev–Trinajstić information content (AvgIpc) is 2.87. The van der Waals surface area contributed by atoms with Gasteiger partial charge in [-0.2, -0.15) is 20.1 Å². The van der Waals surface area contributed by atoms with E-state index in [-0.39, 0.29) is 11.7 Å². The number of aromatic nitrogens is 3. The lowest BCUT2D eigenvalue weighted by Crippen LogP contribution is -2.37. The quantitative estimate of drug-likeness (QED) is 0.295. The van der Waals surface area contributed by atoms with Gasteiger partial charge in [0.05, 0.1) is 38.1 Å². The van der Waals surface area contributed by atoms with Gasteiger partial charge < -0.3 is 29.5 Å². The van der Waals surface area contributed by atoms with Gasteiger partial charge in [-0.05, 0) is 57.9 Å². The standard InChI is InChI=1S/C22H24BrN7O4/c1-32-16-5-3-15(4-6-16)25-20-26-21(28-22(27-20)30-7-9-34-10-8-30)29-24-13-14-11-17(23)19(31)18(12-14)33-2/h3-6,11-13,31H,7-10H2,1-2H3,(H2,25,26,27,28,29)/b24-13-. The molecule has 0 amide bonds. The fourth-order valence-corrected chi connectivity index (χ4v) is 3.63. The van der Waals surface area contributed by atoms with Crippen molar-refractivity contribution in [3.8, 4) is 17.2 Å². The number of anilines is 4. The van der Waals surface area contributed by atoms with Crippen molar-refractivity contribution in [2.45, 2.75) is 0 Å². The molecule has 2 heterocycles. The first-order valence-electron chi connectivity index (χ1n) is 10.4. The number of hydrogen-bond acceptors (Lipinski definition) is 11. The molecule has 1 aliphatic heterocycles. The summed E-state index contributed by atoms with van der Waals surface area (Å²) in [5.74, 6) is 2.26. The van der Waals surface area contributed by atoms with Gasteiger partial charge in [0.1, 0.15) is 5.75 Å². The van der Waals surface area contributed by atoms with Gasteiger partial charge in [-0.25, -0.2) is 5.43 Å². The molecule has 1 saturated heterocycles. The third-order valence-corrected chi connectivity index (χ3v) is 5.52. The number of phenolic OH excluding ortho intramolecular Hbond substituents is 1. The Hall–Kier alpha value is -3.64. The molecular formula is C22H24BrN7O4. The second kappa shape index (κ2) is 11.0. The summed E-state index contributed by atoms with van der Waals surface area (Å²) in [6.07, 6.45) is 1.57. The fourth-order valence-electron chi connectivity index (χ4n) is 3.17. The molecule has 0 spiro atoms. The molecule has 12 heteroatoms. The summed E-state index contributed by atoms with van der Waals surface area (Å²) in [7, 11) is 3.10. The summed E-state index contributed by atoms with van der Waals surface area (Å²) in [5, 5.41) is 17.4. The summed E-state index contributed by atoms with van der Waals surface area (Å²) < 4.78 is 16.3. The van der Waals surface area contributed by atoms with Crippen molar-refractivity contribution in [3.05, 3.63) is 46.4 Å². The Balaban J connectivity index is 1.57. The zero-order valence-electron chi connectivity index (χ0n) is 18.7. The monoisotopic (exact) mass is 529 g/mol. The molecule has 1 aromatic heterocycles. The SMILES string of the molecule is COc1ccc(Nc2nc(N/N=C\c3cc(Br)c(O)c(OC)c3)nc(N3CCOCC3)n2)cc1. The molecule has 2 aromatic carbocycles. The van der Waals surface area contributed by atoms with Crippen LogP contribution in [0, 0.1) is 0 Å². The van der Waals surface area contributed by atoms with E-state index in [1.165, 1.54) is 7.11 Å². The highest BCUT2D eigenvalue weighted by molar-refractivity contribution is 9.10. The predicted octanol–water partition coefficient (Wildman–Crippen LogP) is 3.38. The molecule has 1 fully saturated rings. The van der Waals surface area contributed by atoms with Crippen LogP contribution < -0.4 is 25.1 Å². The normalized spacial score (nSPS) is 13.7. The van der Waals surface area contributed by atoms with Gasteiger partial charge >= 0.3 is 0 Å². The Morgan fingerprint density at radius 3 is 2.50 bits per heavy atom. The molecular weight excluding hydrogens is 506 g/mol. The van der Waals surface area contributed by atoms with E-state index in [2.05, 4.69) is 46.7 Å². The van der Waals surface area contributed by atoms with E-state index in [0.717, 1.165) is 11.4 Å². The summed E-state index contributed by atoms with van der Waals surface area (Å²) >= 11 is 3.30. The van der Waals surface area contributed by atoms with Crippen LogP contribution in [0.1, 0.15) is 5.56 Å². The maximum Gasteiger partial charge on any atom is 0.250 e. The molecule has 3 aromatic rings. The second-order valence-corrected chi connectivity index (χ2v) is 8.01. The van der Waals surface area contributed by atoms with Gasteiger partial charge in [-0.1, -0.05) is 0 Å². The zero-order valence-corrected chi connectivity index (χ0v) is 20.2. The Morgan fingerprint density at radius 2 is 1.79 bits per heavy atom. The lowest BCUT2D eigenvalue weighted by atomic mass is 10.2. The minimum atomic E-state index is 0.0227. The van der Waals surface area contributed by atoms with E-state index in [9.17, 15) is 5.11 Å². The van der Waals surface area contributed by atoms with Crippen LogP contribution in [-0.4, -0.2) is 66.8 Å². The zero-order chi connectivity index (χ0) is 23.9. The van der Waals surface area contributed by atoms with Crippen molar-refractivity contribution in [2.75, 3.05) is 56.2 Å². The van der Waals surface area contributed by atoms with Crippen molar-refractivity contribution >= 4 is 45.7 Å². The number of nitrogens with one attached hydrogen (secondary N) is 2. The van der Waals surface area contributed by atoms with Gasteiger partial charge in [-0.3, -0.25) is 0 Å². The van der Waals surface area contributed by atoms with Crippen molar-refractivity contribution in [1.29, 1.82) is 0 Å². The number of phenols is 1. The maximum atomic E-state index is 9.97. The number of rotatable bonds is 8. The molecule has 0 atom stereocenters. The fraction of sp³-hybridized carbons (Fsp3) is 0.273. The number of ether oxygens (including phenoxy) is 3. The molecule has 0 radical (unpaired) electrons. The average molecular weight is 530 g/mol. The number of aromatic hydroxyl groups is 1. The number of benzene rings is 2. The first kappa shape index (κ1) is 23.5. The number of nitrogens with zero attached hydrogens (tertiary/aromatic N) is 5. The number of methoxy groups -OCH3 is 2. The minimum Gasteiger partial charge on any atom is -0.503 e. The van der Waals surface area contributed by atoms with Crippen LogP contribution in [0.25, 0.3) is 0 Å². The molecule has 4 rings (SSSR count). The number of halogens is 1. The minimum absolute atomic E-state index is 0.0227. The van der Waals surface area contributed by atoms with Crippen LogP contribution in [0.5, 0.6) is 17.2 Å². The molecule has 3 N–H and O–H groups in total. The van der Waals surface area contributed by atoms with Crippen LogP contribution in [0.15, 0.2) is 46.0 Å². The highest BCUT2D eigenvalue weighted by Gasteiger charge is 2.17.